The van der Waals surface area contributed by atoms with Gasteiger partial charge >= 0.3 is 0 Å². The van der Waals surface area contributed by atoms with Crippen molar-refractivity contribution in [3.8, 4) is 0 Å². The summed E-state index contributed by atoms with van der Waals surface area (Å²) in [6, 6.07) is 0. The predicted molar refractivity (Wildman–Crippen MR) is 108 cm³/mol. The summed E-state index contributed by atoms with van der Waals surface area (Å²) < 4.78 is 0. The van der Waals surface area contributed by atoms with Gasteiger partial charge in [-0.3, -0.25) is 14.6 Å². The van der Waals surface area contributed by atoms with Crippen molar-refractivity contribution >= 4 is 40.9 Å². The van der Waals surface area contributed by atoms with Gasteiger partial charge in [0.05, 0.1) is 5.92 Å². The van der Waals surface area contributed by atoms with Crippen LogP contribution in [0.25, 0.3) is 0 Å². The van der Waals surface area contributed by atoms with Crippen LogP contribution in [0.2, 0.25) is 0 Å². The molecule has 1 fully saturated rings. The molecule has 2 heterocycles. The number of allylic oxidation sites excluding steroid dienone is 2. The van der Waals surface area contributed by atoms with Crippen molar-refractivity contribution in [3.05, 3.63) is 11.3 Å². The van der Waals surface area contributed by atoms with Gasteiger partial charge in [0.1, 0.15) is 22.8 Å². The zero-order valence-corrected chi connectivity index (χ0v) is 16.8. The lowest BCUT2D eigenvalue weighted by atomic mass is 9.67. The molecule has 27 heavy (non-hydrogen) atoms. The third kappa shape index (κ3) is 3.14. The van der Waals surface area contributed by atoms with Crippen LogP contribution in [0.5, 0.6) is 0 Å². The number of halogens is 1. The van der Waals surface area contributed by atoms with E-state index in [-0.39, 0.29) is 11.6 Å². The van der Waals surface area contributed by atoms with Crippen molar-refractivity contribution in [2.24, 2.45) is 32.7 Å². The fourth-order valence-electron chi connectivity index (χ4n) is 4.70. The van der Waals surface area contributed by atoms with E-state index in [4.69, 9.17) is 16.6 Å². The zero-order valence-electron chi connectivity index (χ0n) is 16.0. The standard InChI is InChI=1S/C21H26ClN3O2/c1-21(2)19(27)15-13(9-6-10-22)18(26)17-16(14(15)11-23-21)24-20(25-17)12-7-4-3-5-8-12/h11-13,15H,3-10H2,1-2H3. The van der Waals surface area contributed by atoms with Crippen LogP contribution in [-0.4, -0.2) is 40.7 Å². The molecule has 0 aromatic heterocycles. The van der Waals surface area contributed by atoms with Gasteiger partial charge in [0.15, 0.2) is 11.6 Å². The third-order valence-corrected chi connectivity index (χ3v) is 6.56. The molecule has 0 spiro atoms. The number of fused-ring (bicyclic) bond motifs is 2. The number of carbonyl (C=O) groups excluding carboxylic acids is 2. The molecule has 0 bridgehead atoms. The molecular formula is C21H26ClN3O2. The molecule has 1 saturated carbocycles. The number of amidine groups is 1. The molecule has 144 valence electrons. The van der Waals surface area contributed by atoms with Crippen LogP contribution < -0.4 is 0 Å². The first-order chi connectivity index (χ1) is 12.9. The van der Waals surface area contributed by atoms with E-state index >= 15 is 0 Å². The van der Waals surface area contributed by atoms with Crippen LogP contribution in [0, 0.1) is 17.8 Å². The topological polar surface area (TPSA) is 71.2 Å². The van der Waals surface area contributed by atoms with Crippen molar-refractivity contribution in [1.82, 2.24) is 0 Å². The summed E-state index contributed by atoms with van der Waals surface area (Å²) in [5, 5.41) is 0. The maximum absolute atomic E-state index is 13.3. The monoisotopic (exact) mass is 387 g/mol. The van der Waals surface area contributed by atoms with Gasteiger partial charge in [-0.1, -0.05) is 19.3 Å². The van der Waals surface area contributed by atoms with E-state index in [2.05, 4.69) is 9.98 Å². The van der Waals surface area contributed by atoms with Crippen LogP contribution >= 0.6 is 11.6 Å². The zero-order chi connectivity index (χ0) is 19.2. The number of rotatable bonds is 4. The van der Waals surface area contributed by atoms with Crippen LogP contribution in [0.15, 0.2) is 26.2 Å². The Morgan fingerprint density at radius 2 is 1.89 bits per heavy atom. The lowest BCUT2D eigenvalue weighted by Gasteiger charge is -2.37. The van der Waals surface area contributed by atoms with E-state index < -0.39 is 17.4 Å². The largest absolute Gasteiger partial charge is 0.296 e. The van der Waals surface area contributed by atoms with Gasteiger partial charge in [0, 0.05) is 29.5 Å². The summed E-state index contributed by atoms with van der Waals surface area (Å²) >= 11 is 5.88. The van der Waals surface area contributed by atoms with Gasteiger partial charge in [-0.05, 0) is 39.5 Å². The molecule has 4 aliphatic rings. The molecule has 2 atom stereocenters. The summed E-state index contributed by atoms with van der Waals surface area (Å²) in [6.07, 6.45) is 8.84. The molecule has 0 aromatic carbocycles. The second kappa shape index (κ2) is 7.08. The molecule has 6 heteroatoms. The van der Waals surface area contributed by atoms with E-state index in [1.165, 1.54) is 19.3 Å². The fraction of sp³-hybridized carbons (Fsp3) is 0.667. The Labute approximate surface area is 165 Å². The second-order valence-electron chi connectivity index (χ2n) is 8.53. The minimum Gasteiger partial charge on any atom is -0.296 e. The number of carbonyl (C=O) groups is 2. The van der Waals surface area contributed by atoms with E-state index in [0.717, 1.165) is 24.3 Å². The molecule has 2 unspecified atom stereocenters. The molecule has 0 N–H and O–H groups in total. The second-order valence-corrected chi connectivity index (χ2v) is 8.91. The lowest BCUT2D eigenvalue weighted by molar-refractivity contribution is -0.131. The van der Waals surface area contributed by atoms with Crippen molar-refractivity contribution in [2.45, 2.75) is 64.3 Å². The van der Waals surface area contributed by atoms with Crippen LogP contribution in [0.4, 0.5) is 0 Å². The smallest absolute Gasteiger partial charge is 0.187 e. The minimum atomic E-state index is -0.808. The SMILES string of the molecule is CC1(C)N=CC2=C3N=C(C4CCCCC4)N=C3C(=O)C(CCCCl)C2C1=O. The van der Waals surface area contributed by atoms with Crippen molar-refractivity contribution in [1.29, 1.82) is 0 Å². The first-order valence-electron chi connectivity index (χ1n) is 10.1. The van der Waals surface area contributed by atoms with Gasteiger partial charge in [0.2, 0.25) is 0 Å². The average molecular weight is 388 g/mol. The summed E-state index contributed by atoms with van der Waals surface area (Å²) in [5.41, 5.74) is 1.01. The summed E-state index contributed by atoms with van der Waals surface area (Å²) in [7, 11) is 0. The Morgan fingerprint density at radius 3 is 2.59 bits per heavy atom. The Kier molecular flexibility index (Phi) is 4.91. The predicted octanol–water partition coefficient (Wildman–Crippen LogP) is 3.94. The number of hydrogen-bond donors (Lipinski definition) is 0. The quantitative estimate of drug-likeness (QED) is 0.685. The van der Waals surface area contributed by atoms with Crippen molar-refractivity contribution in [2.75, 3.05) is 5.88 Å². The number of ketones is 2. The maximum Gasteiger partial charge on any atom is 0.187 e. The highest BCUT2D eigenvalue weighted by Crippen LogP contribution is 2.42. The van der Waals surface area contributed by atoms with Gasteiger partial charge in [-0.15, -0.1) is 11.6 Å². The number of Topliss-reactive ketones (excluding diaryl/α,β-unsaturated/α-hetero) is 2. The molecule has 2 aliphatic carbocycles. The Morgan fingerprint density at radius 1 is 1.15 bits per heavy atom. The molecule has 0 radical (unpaired) electrons. The van der Waals surface area contributed by atoms with Gasteiger partial charge in [-0.25, -0.2) is 9.98 Å². The fourth-order valence-corrected chi connectivity index (χ4v) is 4.86. The lowest BCUT2D eigenvalue weighted by Crippen LogP contribution is -2.49. The summed E-state index contributed by atoms with van der Waals surface area (Å²) in [4.78, 5) is 40.3. The van der Waals surface area contributed by atoms with E-state index in [1.54, 1.807) is 6.21 Å². The van der Waals surface area contributed by atoms with E-state index in [1.807, 2.05) is 13.8 Å². The molecule has 0 aromatic rings. The van der Waals surface area contributed by atoms with Crippen LogP contribution in [-0.2, 0) is 9.59 Å². The number of nitrogens with zero attached hydrogens (tertiary/aromatic N) is 3. The number of hydrogen-bond acceptors (Lipinski definition) is 5. The highest BCUT2D eigenvalue weighted by atomic mass is 35.5. The Balaban J connectivity index is 1.79. The Hall–Kier alpha value is -1.62. The molecule has 0 amide bonds. The first kappa shape index (κ1) is 18.7. The van der Waals surface area contributed by atoms with E-state index in [9.17, 15) is 9.59 Å². The van der Waals surface area contributed by atoms with Gasteiger partial charge in [-0.2, -0.15) is 0 Å². The summed E-state index contributed by atoms with van der Waals surface area (Å²) in [5.74, 6) is 0.661. The number of aliphatic imine (C=N–C) groups is 3. The summed E-state index contributed by atoms with van der Waals surface area (Å²) in [6.45, 7) is 3.62. The normalized spacial score (nSPS) is 30.2. The van der Waals surface area contributed by atoms with Gasteiger partial charge < -0.3 is 0 Å². The van der Waals surface area contributed by atoms with Crippen molar-refractivity contribution in [3.63, 3.8) is 0 Å². The third-order valence-electron chi connectivity index (χ3n) is 6.29. The minimum absolute atomic E-state index is 0.000730. The van der Waals surface area contributed by atoms with Crippen LogP contribution in [0.1, 0.15) is 58.8 Å². The highest BCUT2D eigenvalue weighted by Gasteiger charge is 2.51. The van der Waals surface area contributed by atoms with E-state index in [0.29, 0.717) is 36.0 Å². The molecule has 2 aliphatic heterocycles. The maximum atomic E-state index is 13.3. The van der Waals surface area contributed by atoms with Crippen LogP contribution in [0.3, 0.4) is 0 Å². The molecular weight excluding hydrogens is 362 g/mol. The molecule has 4 rings (SSSR count). The van der Waals surface area contributed by atoms with Crippen molar-refractivity contribution < 1.29 is 9.59 Å². The average Bonchev–Trinajstić information content (AvgIpc) is 3.11. The molecule has 5 nitrogen and oxygen atoms in total. The highest BCUT2D eigenvalue weighted by molar-refractivity contribution is 6.52. The molecule has 0 saturated heterocycles. The first-order valence-corrected chi connectivity index (χ1v) is 10.6. The number of alkyl halides is 1. The van der Waals surface area contributed by atoms with Gasteiger partial charge in [0.25, 0.3) is 0 Å². The Bertz CT molecular complexity index is 800.